The van der Waals surface area contributed by atoms with Gasteiger partial charge in [-0.2, -0.15) is 5.10 Å². The molecular formula is C23H27N7O2. The number of nitrogens with two attached hydrogens (primary N) is 1. The first-order valence-corrected chi connectivity index (χ1v) is 11.3. The fourth-order valence-corrected chi connectivity index (χ4v) is 4.90. The molecule has 166 valence electrons. The zero-order chi connectivity index (χ0) is 21.8. The molecule has 0 radical (unpaired) electrons. The van der Waals surface area contributed by atoms with Crippen molar-refractivity contribution in [3.8, 4) is 17.1 Å². The van der Waals surface area contributed by atoms with Gasteiger partial charge in [-0.15, -0.1) is 0 Å². The van der Waals surface area contributed by atoms with Gasteiger partial charge in [0, 0.05) is 24.4 Å². The van der Waals surface area contributed by atoms with Gasteiger partial charge in [0.2, 0.25) is 5.91 Å². The number of methoxy groups -OCH3 is 1. The summed E-state index contributed by atoms with van der Waals surface area (Å²) >= 11 is 0. The van der Waals surface area contributed by atoms with E-state index in [-0.39, 0.29) is 12.0 Å². The predicted molar refractivity (Wildman–Crippen MR) is 120 cm³/mol. The minimum Gasteiger partial charge on any atom is -0.495 e. The molecule has 4 heterocycles. The second kappa shape index (κ2) is 7.29. The van der Waals surface area contributed by atoms with Gasteiger partial charge in [0.1, 0.15) is 23.9 Å². The number of para-hydroxylation sites is 1. The molecule has 0 bridgehead atoms. The Morgan fingerprint density at radius 3 is 2.78 bits per heavy atom. The quantitative estimate of drug-likeness (QED) is 0.564. The van der Waals surface area contributed by atoms with Crippen LogP contribution in [0.2, 0.25) is 0 Å². The maximum atomic E-state index is 12.4. The molecule has 3 aromatic rings. The monoisotopic (exact) mass is 433 g/mol. The van der Waals surface area contributed by atoms with E-state index in [2.05, 4.69) is 16.4 Å². The molecular weight excluding hydrogens is 406 g/mol. The maximum absolute atomic E-state index is 12.4. The van der Waals surface area contributed by atoms with Gasteiger partial charge in [0.15, 0.2) is 5.49 Å². The Kier molecular flexibility index (Phi) is 4.38. The third-order valence-corrected chi connectivity index (χ3v) is 6.79. The first-order valence-electron chi connectivity index (χ1n) is 11.3. The fourth-order valence-electron chi connectivity index (χ4n) is 4.90. The van der Waals surface area contributed by atoms with Crippen LogP contribution in [0.25, 0.3) is 28.1 Å². The fraction of sp³-hybridized carbons (Fsp3) is 0.435. The highest BCUT2D eigenvalue weighted by molar-refractivity contribution is 5.90. The van der Waals surface area contributed by atoms with E-state index in [0.29, 0.717) is 18.4 Å². The van der Waals surface area contributed by atoms with Gasteiger partial charge < -0.3 is 25.7 Å². The third-order valence-electron chi connectivity index (χ3n) is 6.79. The maximum Gasteiger partial charge on any atom is 0.225 e. The molecule has 1 aromatic carbocycles. The summed E-state index contributed by atoms with van der Waals surface area (Å²) in [6.45, 7) is 1.97. The van der Waals surface area contributed by atoms with Gasteiger partial charge in [0.05, 0.1) is 29.6 Å². The molecule has 0 unspecified atom stereocenters. The van der Waals surface area contributed by atoms with Crippen molar-refractivity contribution in [2.45, 2.75) is 31.7 Å². The molecule has 6 rings (SSSR count). The summed E-state index contributed by atoms with van der Waals surface area (Å²) in [4.78, 5) is 22.7. The number of H-pyrrole nitrogens is 1. The van der Waals surface area contributed by atoms with Gasteiger partial charge in [-0.25, -0.2) is 9.67 Å². The van der Waals surface area contributed by atoms with Crippen molar-refractivity contribution in [1.82, 2.24) is 25.0 Å². The van der Waals surface area contributed by atoms with Crippen LogP contribution in [0.1, 0.15) is 31.7 Å². The number of benzene rings is 1. The second-order valence-electron chi connectivity index (χ2n) is 8.84. The lowest BCUT2D eigenvalue weighted by Gasteiger charge is -2.32. The summed E-state index contributed by atoms with van der Waals surface area (Å²) in [5.41, 5.74) is 9.78. The van der Waals surface area contributed by atoms with E-state index in [9.17, 15) is 4.79 Å². The lowest BCUT2D eigenvalue weighted by molar-refractivity contribution is -0.133. The minimum absolute atomic E-state index is 0.189. The molecule has 2 fully saturated rings. The average molecular weight is 434 g/mol. The van der Waals surface area contributed by atoms with E-state index >= 15 is 0 Å². The summed E-state index contributed by atoms with van der Waals surface area (Å²) < 4.78 is 7.54. The first kappa shape index (κ1) is 19.2. The SMILES string of the molecule is COc1cccc2cc(-c3nn(C4CCN(C(=O)C5CC5)CC4)c4c3=C(N)NCN=4)[nH]c12. The Bertz CT molecular complexity index is 1330. The Hall–Kier alpha value is -3.49. The highest BCUT2D eigenvalue weighted by Crippen LogP contribution is 2.33. The van der Waals surface area contributed by atoms with Crippen LogP contribution < -0.4 is 26.5 Å². The van der Waals surface area contributed by atoms with Gasteiger partial charge >= 0.3 is 0 Å². The average Bonchev–Trinajstić information content (AvgIpc) is 3.45. The topological polar surface area (TPSA) is 114 Å². The zero-order valence-corrected chi connectivity index (χ0v) is 18.1. The molecule has 2 aromatic heterocycles. The summed E-state index contributed by atoms with van der Waals surface area (Å²) in [7, 11) is 1.67. The molecule has 3 aliphatic rings. The van der Waals surface area contributed by atoms with Crippen LogP contribution in [0, 0.1) is 5.92 Å². The molecule has 9 heteroatoms. The standard InChI is InChI=1S/C23H27N7O2/c1-32-17-4-2-3-14-11-16(27-19(14)17)20-18-21(24)25-12-26-22(18)30(28-20)15-7-9-29(10-8-15)23(31)13-5-6-13/h2-4,11,13,15,25,27H,5-10,12,24H2,1H3. The Morgan fingerprint density at radius 2 is 2.03 bits per heavy atom. The van der Waals surface area contributed by atoms with Crippen LogP contribution in [0.5, 0.6) is 5.75 Å². The lowest BCUT2D eigenvalue weighted by Crippen LogP contribution is -2.46. The minimum atomic E-state index is 0.189. The number of piperidine rings is 1. The molecule has 2 aliphatic heterocycles. The molecule has 1 amide bonds. The van der Waals surface area contributed by atoms with Crippen LogP contribution in [0.3, 0.4) is 0 Å². The van der Waals surface area contributed by atoms with Gasteiger partial charge in [-0.05, 0) is 37.8 Å². The highest BCUT2D eigenvalue weighted by Gasteiger charge is 2.35. The van der Waals surface area contributed by atoms with Crippen molar-refractivity contribution < 1.29 is 9.53 Å². The number of ether oxygens (including phenoxy) is 1. The van der Waals surface area contributed by atoms with Crippen LogP contribution in [0.15, 0.2) is 29.3 Å². The van der Waals surface area contributed by atoms with Gasteiger partial charge in [0.25, 0.3) is 0 Å². The number of fused-ring (bicyclic) bond motifs is 2. The van der Waals surface area contributed by atoms with Crippen LogP contribution >= 0.6 is 0 Å². The molecule has 1 aliphatic carbocycles. The van der Waals surface area contributed by atoms with E-state index in [4.69, 9.17) is 20.6 Å². The van der Waals surface area contributed by atoms with Crippen molar-refractivity contribution in [2.75, 3.05) is 26.9 Å². The number of carbonyl (C=O) groups is 1. The summed E-state index contributed by atoms with van der Waals surface area (Å²) in [6.07, 6.45) is 3.83. The Balaban J connectivity index is 1.40. The lowest BCUT2D eigenvalue weighted by atomic mass is 10.0. The predicted octanol–water partition coefficient (Wildman–Crippen LogP) is 0.818. The number of aromatic amines is 1. The van der Waals surface area contributed by atoms with Crippen molar-refractivity contribution in [3.05, 3.63) is 35.0 Å². The largest absolute Gasteiger partial charge is 0.495 e. The van der Waals surface area contributed by atoms with E-state index in [1.165, 1.54) is 0 Å². The van der Waals surface area contributed by atoms with E-state index in [1.807, 2.05) is 27.8 Å². The Labute approximate surface area is 184 Å². The van der Waals surface area contributed by atoms with Crippen molar-refractivity contribution in [1.29, 1.82) is 0 Å². The number of hydrogen-bond donors (Lipinski definition) is 3. The number of amides is 1. The van der Waals surface area contributed by atoms with Gasteiger partial charge in [-0.3, -0.25) is 4.79 Å². The molecule has 1 saturated carbocycles. The van der Waals surface area contributed by atoms with Crippen molar-refractivity contribution in [2.24, 2.45) is 16.6 Å². The van der Waals surface area contributed by atoms with Crippen molar-refractivity contribution >= 4 is 22.6 Å². The Morgan fingerprint density at radius 1 is 1.22 bits per heavy atom. The van der Waals surface area contributed by atoms with Crippen molar-refractivity contribution in [3.63, 3.8) is 0 Å². The van der Waals surface area contributed by atoms with Crippen LogP contribution in [-0.4, -0.2) is 52.4 Å². The molecule has 9 nitrogen and oxygen atoms in total. The molecule has 0 spiro atoms. The molecule has 32 heavy (non-hydrogen) atoms. The number of likely N-dealkylation sites (tertiary alicyclic amines) is 1. The summed E-state index contributed by atoms with van der Waals surface area (Å²) in [5, 5.41) is 10.0. The normalized spacial score (nSPS) is 18.9. The highest BCUT2D eigenvalue weighted by atomic mass is 16.5. The van der Waals surface area contributed by atoms with Crippen LogP contribution in [-0.2, 0) is 4.79 Å². The molecule has 4 N–H and O–H groups in total. The summed E-state index contributed by atoms with van der Waals surface area (Å²) in [6, 6.07) is 8.22. The number of carbonyl (C=O) groups excluding carboxylic acids is 1. The van der Waals surface area contributed by atoms with E-state index in [0.717, 1.165) is 77.5 Å². The van der Waals surface area contributed by atoms with Gasteiger partial charge in [-0.1, -0.05) is 12.1 Å². The molecule has 0 atom stereocenters. The van der Waals surface area contributed by atoms with E-state index in [1.54, 1.807) is 7.11 Å². The first-order chi connectivity index (χ1) is 15.6. The van der Waals surface area contributed by atoms with E-state index < -0.39 is 0 Å². The third kappa shape index (κ3) is 3.03. The molecule has 1 saturated heterocycles. The number of nitrogens with one attached hydrogen (secondary N) is 2. The number of hydrogen-bond acceptors (Lipinski definition) is 6. The number of rotatable bonds is 4. The smallest absolute Gasteiger partial charge is 0.225 e. The van der Waals surface area contributed by atoms with Crippen LogP contribution in [0.4, 0.5) is 0 Å². The number of aromatic nitrogens is 3. The summed E-state index contributed by atoms with van der Waals surface area (Å²) in [5.74, 6) is 1.97. The zero-order valence-electron chi connectivity index (χ0n) is 18.1. The second-order valence-corrected chi connectivity index (χ2v) is 8.84. The number of nitrogens with zero attached hydrogens (tertiary/aromatic N) is 4.